The fourth-order valence-electron chi connectivity index (χ4n) is 2.13. The summed E-state index contributed by atoms with van der Waals surface area (Å²) in [6.45, 7) is 4.17. The third kappa shape index (κ3) is 1.00. The molecule has 2 heteroatoms. The maximum absolute atomic E-state index is 4.51. The SMILES string of the molecule is CC1=Nc2cc3cc(C)[nH]c3cc2C1. The summed E-state index contributed by atoms with van der Waals surface area (Å²) >= 11 is 0. The minimum Gasteiger partial charge on any atom is -0.359 e. The Labute approximate surface area is 82.7 Å². The molecule has 2 nitrogen and oxygen atoms in total. The number of nitrogens with one attached hydrogen (secondary N) is 1. The number of aromatic amines is 1. The molecule has 0 radical (unpaired) electrons. The van der Waals surface area contributed by atoms with Crippen LogP contribution in [-0.2, 0) is 6.42 Å². The molecular weight excluding hydrogens is 172 g/mol. The van der Waals surface area contributed by atoms with Crippen LogP contribution in [0.2, 0.25) is 0 Å². The normalized spacial score (nSPS) is 14.6. The van der Waals surface area contributed by atoms with Crippen molar-refractivity contribution in [2.45, 2.75) is 20.3 Å². The van der Waals surface area contributed by atoms with E-state index in [9.17, 15) is 0 Å². The summed E-state index contributed by atoms with van der Waals surface area (Å²) in [7, 11) is 0. The monoisotopic (exact) mass is 184 g/mol. The number of aliphatic imine (C=N–C) groups is 1. The zero-order valence-corrected chi connectivity index (χ0v) is 8.39. The van der Waals surface area contributed by atoms with Crippen molar-refractivity contribution in [3.63, 3.8) is 0 Å². The van der Waals surface area contributed by atoms with Crippen LogP contribution in [0.15, 0.2) is 23.2 Å². The largest absolute Gasteiger partial charge is 0.359 e. The molecule has 1 aromatic heterocycles. The highest BCUT2D eigenvalue weighted by Gasteiger charge is 2.12. The molecule has 1 aliphatic heterocycles. The van der Waals surface area contributed by atoms with Crippen molar-refractivity contribution in [1.29, 1.82) is 0 Å². The molecule has 70 valence electrons. The van der Waals surface area contributed by atoms with Gasteiger partial charge < -0.3 is 4.98 Å². The lowest BCUT2D eigenvalue weighted by Gasteiger charge is -1.96. The first-order valence-corrected chi connectivity index (χ1v) is 4.89. The number of aryl methyl sites for hydroxylation is 1. The van der Waals surface area contributed by atoms with Crippen molar-refractivity contribution < 1.29 is 0 Å². The van der Waals surface area contributed by atoms with Crippen LogP contribution in [0.4, 0.5) is 5.69 Å². The van der Waals surface area contributed by atoms with Crippen molar-refractivity contribution in [1.82, 2.24) is 4.98 Å². The molecule has 1 N–H and O–H groups in total. The number of fused-ring (bicyclic) bond motifs is 2. The van der Waals surface area contributed by atoms with Gasteiger partial charge in [0, 0.05) is 28.7 Å². The van der Waals surface area contributed by atoms with Crippen LogP contribution in [0, 0.1) is 6.92 Å². The van der Waals surface area contributed by atoms with E-state index in [0.717, 1.165) is 12.1 Å². The third-order valence-electron chi connectivity index (χ3n) is 2.71. The van der Waals surface area contributed by atoms with E-state index in [0.29, 0.717) is 0 Å². The van der Waals surface area contributed by atoms with Crippen molar-refractivity contribution in [2.24, 2.45) is 4.99 Å². The van der Waals surface area contributed by atoms with Gasteiger partial charge in [-0.05, 0) is 37.6 Å². The third-order valence-corrected chi connectivity index (χ3v) is 2.71. The van der Waals surface area contributed by atoms with Gasteiger partial charge in [0.1, 0.15) is 0 Å². The fraction of sp³-hybridized carbons (Fsp3) is 0.250. The lowest BCUT2D eigenvalue weighted by molar-refractivity contribution is 1.29. The standard InChI is InChI=1S/C12H12N2/c1-7-3-9-5-12-10(4-8(2)14-12)6-11(9)13-7/h3,5-6,13H,4H2,1-2H3. The van der Waals surface area contributed by atoms with E-state index in [-0.39, 0.29) is 0 Å². The molecule has 0 saturated carbocycles. The smallest absolute Gasteiger partial charge is 0.0672 e. The lowest BCUT2D eigenvalue weighted by atomic mass is 10.1. The fourth-order valence-corrected chi connectivity index (χ4v) is 2.13. The van der Waals surface area contributed by atoms with Crippen LogP contribution in [0.1, 0.15) is 18.2 Å². The van der Waals surface area contributed by atoms with Crippen molar-refractivity contribution in [3.05, 3.63) is 29.5 Å². The van der Waals surface area contributed by atoms with Crippen LogP contribution < -0.4 is 0 Å². The van der Waals surface area contributed by atoms with Crippen molar-refractivity contribution in [2.75, 3.05) is 0 Å². The highest BCUT2D eigenvalue weighted by Crippen LogP contribution is 2.31. The van der Waals surface area contributed by atoms with Gasteiger partial charge in [-0.3, -0.25) is 4.99 Å². The van der Waals surface area contributed by atoms with E-state index in [2.05, 4.69) is 42.0 Å². The number of H-pyrrole nitrogens is 1. The number of hydrogen-bond donors (Lipinski definition) is 1. The number of benzene rings is 1. The molecule has 0 spiro atoms. The molecule has 0 amide bonds. The Balaban J connectivity index is 2.31. The number of hydrogen-bond acceptors (Lipinski definition) is 1. The molecule has 1 aromatic carbocycles. The second kappa shape index (κ2) is 2.47. The Hall–Kier alpha value is -1.57. The minimum absolute atomic E-state index is 1.00. The average molecular weight is 184 g/mol. The Morgan fingerprint density at radius 1 is 1.21 bits per heavy atom. The van der Waals surface area contributed by atoms with Crippen LogP contribution >= 0.6 is 0 Å². The number of rotatable bonds is 0. The van der Waals surface area contributed by atoms with Gasteiger partial charge in [0.15, 0.2) is 0 Å². The molecule has 2 aromatic rings. The number of aromatic nitrogens is 1. The second-order valence-corrected chi connectivity index (χ2v) is 4.04. The van der Waals surface area contributed by atoms with Crippen LogP contribution in [0.25, 0.3) is 10.9 Å². The van der Waals surface area contributed by atoms with Gasteiger partial charge in [-0.15, -0.1) is 0 Å². The summed E-state index contributed by atoms with van der Waals surface area (Å²) in [5, 5.41) is 1.26. The maximum Gasteiger partial charge on any atom is 0.0672 e. The zero-order valence-electron chi connectivity index (χ0n) is 8.39. The van der Waals surface area contributed by atoms with E-state index in [1.54, 1.807) is 0 Å². The van der Waals surface area contributed by atoms with Crippen molar-refractivity contribution in [3.8, 4) is 0 Å². The molecule has 3 rings (SSSR count). The summed E-state index contributed by atoms with van der Waals surface area (Å²) in [6, 6.07) is 6.56. The van der Waals surface area contributed by atoms with E-state index >= 15 is 0 Å². The quantitative estimate of drug-likeness (QED) is 0.651. The van der Waals surface area contributed by atoms with Gasteiger partial charge >= 0.3 is 0 Å². The average Bonchev–Trinajstić information content (AvgIpc) is 2.59. The Morgan fingerprint density at radius 2 is 2.07 bits per heavy atom. The molecular formula is C12H12N2. The Kier molecular flexibility index (Phi) is 1.38. The van der Waals surface area contributed by atoms with Gasteiger partial charge in [0.05, 0.1) is 5.69 Å². The predicted octanol–water partition coefficient (Wildman–Crippen LogP) is 3.12. The molecule has 1 aliphatic rings. The molecule has 0 unspecified atom stereocenters. The summed E-state index contributed by atoms with van der Waals surface area (Å²) in [5.41, 5.74) is 6.14. The summed E-state index contributed by atoms with van der Waals surface area (Å²) < 4.78 is 0. The predicted molar refractivity (Wildman–Crippen MR) is 59.5 cm³/mol. The molecule has 14 heavy (non-hydrogen) atoms. The molecule has 0 fully saturated rings. The first-order valence-electron chi connectivity index (χ1n) is 4.89. The molecule has 2 heterocycles. The highest BCUT2D eigenvalue weighted by molar-refractivity contribution is 5.96. The van der Waals surface area contributed by atoms with E-state index in [4.69, 9.17) is 0 Å². The van der Waals surface area contributed by atoms with Gasteiger partial charge in [0.25, 0.3) is 0 Å². The second-order valence-electron chi connectivity index (χ2n) is 4.04. The van der Waals surface area contributed by atoms with Gasteiger partial charge in [0.2, 0.25) is 0 Å². The Bertz CT molecular complexity index is 547. The number of nitrogens with zero attached hydrogens (tertiary/aromatic N) is 1. The lowest BCUT2D eigenvalue weighted by Crippen LogP contribution is -1.88. The van der Waals surface area contributed by atoms with Gasteiger partial charge in [-0.2, -0.15) is 0 Å². The topological polar surface area (TPSA) is 28.1 Å². The zero-order chi connectivity index (χ0) is 9.71. The molecule has 0 bridgehead atoms. The summed E-state index contributed by atoms with van der Waals surface area (Å²) in [4.78, 5) is 7.87. The summed E-state index contributed by atoms with van der Waals surface area (Å²) in [6.07, 6.45) is 1.00. The molecule has 0 atom stereocenters. The van der Waals surface area contributed by atoms with Crippen molar-refractivity contribution >= 4 is 22.3 Å². The summed E-state index contributed by atoms with van der Waals surface area (Å²) in [5.74, 6) is 0. The first-order chi connectivity index (χ1) is 6.72. The van der Waals surface area contributed by atoms with Gasteiger partial charge in [-0.25, -0.2) is 0 Å². The van der Waals surface area contributed by atoms with Crippen LogP contribution in [-0.4, -0.2) is 10.7 Å². The molecule has 0 saturated heterocycles. The molecule has 0 aliphatic carbocycles. The minimum atomic E-state index is 1.00. The Morgan fingerprint density at radius 3 is 2.93 bits per heavy atom. The van der Waals surface area contributed by atoms with E-state index in [1.165, 1.54) is 27.9 Å². The van der Waals surface area contributed by atoms with E-state index in [1.807, 2.05) is 0 Å². The van der Waals surface area contributed by atoms with Crippen LogP contribution in [0.5, 0.6) is 0 Å². The van der Waals surface area contributed by atoms with Crippen LogP contribution in [0.3, 0.4) is 0 Å². The maximum atomic E-state index is 4.51. The van der Waals surface area contributed by atoms with Gasteiger partial charge in [-0.1, -0.05) is 0 Å². The highest BCUT2D eigenvalue weighted by atomic mass is 14.8. The van der Waals surface area contributed by atoms with E-state index < -0.39 is 0 Å². The first kappa shape index (κ1) is 7.80.